The minimum absolute atomic E-state index is 0.212. The Kier molecular flexibility index (Phi) is 5.81. The molecule has 0 aliphatic rings. The molecule has 0 radical (unpaired) electrons. The molecule has 0 saturated heterocycles. The van der Waals surface area contributed by atoms with Crippen LogP contribution >= 0.6 is 0 Å². The van der Waals surface area contributed by atoms with Gasteiger partial charge in [0.1, 0.15) is 5.60 Å². The number of carbonyl (C=O) groups excluding carboxylic acids is 1. The SMILES string of the molecule is CC(C)(C)OC(=O)NCCC=Cc1cc(F)c(F)c(F)c1. The maximum atomic E-state index is 13.0. The molecule has 21 heavy (non-hydrogen) atoms. The molecule has 1 amide bonds. The highest BCUT2D eigenvalue weighted by Crippen LogP contribution is 2.14. The van der Waals surface area contributed by atoms with Crippen LogP contribution in [0.2, 0.25) is 0 Å². The number of alkyl carbamates (subject to hydrolysis) is 1. The molecular formula is C15H18F3NO2. The number of nitrogens with one attached hydrogen (secondary N) is 1. The van der Waals surface area contributed by atoms with E-state index in [0.717, 1.165) is 12.1 Å². The van der Waals surface area contributed by atoms with Crippen molar-refractivity contribution in [2.24, 2.45) is 0 Å². The molecule has 1 rings (SSSR count). The van der Waals surface area contributed by atoms with Crippen LogP contribution in [0, 0.1) is 17.5 Å². The number of benzene rings is 1. The highest BCUT2D eigenvalue weighted by Gasteiger charge is 2.15. The van der Waals surface area contributed by atoms with Gasteiger partial charge in [0, 0.05) is 6.54 Å². The van der Waals surface area contributed by atoms with Crippen LogP contribution in [-0.4, -0.2) is 18.2 Å². The molecule has 0 saturated carbocycles. The van der Waals surface area contributed by atoms with Gasteiger partial charge in [-0.05, 0) is 44.9 Å². The van der Waals surface area contributed by atoms with Crippen molar-refractivity contribution in [3.8, 4) is 0 Å². The first-order valence-corrected chi connectivity index (χ1v) is 6.47. The predicted molar refractivity (Wildman–Crippen MR) is 74.2 cm³/mol. The minimum Gasteiger partial charge on any atom is -0.444 e. The largest absolute Gasteiger partial charge is 0.444 e. The standard InChI is InChI=1S/C15H18F3NO2/c1-15(2,3)21-14(20)19-7-5-4-6-10-8-11(16)13(18)12(17)9-10/h4,6,8-9H,5,7H2,1-3H3,(H,19,20). The van der Waals surface area contributed by atoms with Crippen LogP contribution in [0.1, 0.15) is 32.8 Å². The fraction of sp³-hybridized carbons (Fsp3) is 0.400. The van der Waals surface area contributed by atoms with Gasteiger partial charge in [0.05, 0.1) is 0 Å². The number of rotatable bonds is 4. The van der Waals surface area contributed by atoms with E-state index in [1.165, 1.54) is 6.08 Å². The number of carbonyl (C=O) groups is 1. The number of halogens is 3. The molecule has 0 aromatic heterocycles. The minimum atomic E-state index is -1.49. The Labute approximate surface area is 121 Å². The van der Waals surface area contributed by atoms with Crippen LogP contribution < -0.4 is 5.32 Å². The first-order valence-electron chi connectivity index (χ1n) is 6.47. The van der Waals surface area contributed by atoms with Gasteiger partial charge in [-0.1, -0.05) is 12.2 Å². The van der Waals surface area contributed by atoms with E-state index in [4.69, 9.17) is 4.74 Å². The van der Waals surface area contributed by atoms with Gasteiger partial charge in [0.15, 0.2) is 17.5 Å². The lowest BCUT2D eigenvalue weighted by molar-refractivity contribution is 0.0529. The summed E-state index contributed by atoms with van der Waals surface area (Å²) in [7, 11) is 0. The zero-order valence-corrected chi connectivity index (χ0v) is 12.2. The van der Waals surface area contributed by atoms with Crippen molar-refractivity contribution >= 4 is 12.2 Å². The van der Waals surface area contributed by atoms with Crippen molar-refractivity contribution < 1.29 is 22.7 Å². The molecule has 6 heteroatoms. The van der Waals surface area contributed by atoms with Crippen molar-refractivity contribution in [3.05, 3.63) is 41.2 Å². The third-order valence-corrected chi connectivity index (χ3v) is 2.30. The fourth-order valence-electron chi connectivity index (χ4n) is 1.46. The van der Waals surface area contributed by atoms with Gasteiger partial charge in [-0.2, -0.15) is 0 Å². The molecular weight excluding hydrogens is 283 g/mol. The van der Waals surface area contributed by atoms with Gasteiger partial charge >= 0.3 is 6.09 Å². The van der Waals surface area contributed by atoms with Gasteiger partial charge in [0.2, 0.25) is 0 Å². The molecule has 1 N–H and O–H groups in total. The number of hydrogen-bond acceptors (Lipinski definition) is 2. The summed E-state index contributed by atoms with van der Waals surface area (Å²) in [4.78, 5) is 11.3. The highest BCUT2D eigenvalue weighted by atomic mass is 19.2. The van der Waals surface area contributed by atoms with E-state index < -0.39 is 29.1 Å². The molecule has 116 valence electrons. The highest BCUT2D eigenvalue weighted by molar-refractivity contribution is 5.67. The maximum Gasteiger partial charge on any atom is 0.407 e. The zero-order chi connectivity index (χ0) is 16.0. The van der Waals surface area contributed by atoms with Crippen LogP contribution in [0.4, 0.5) is 18.0 Å². The first-order chi connectivity index (χ1) is 9.69. The maximum absolute atomic E-state index is 13.0. The van der Waals surface area contributed by atoms with Crippen LogP contribution in [0.25, 0.3) is 6.08 Å². The second-order valence-electron chi connectivity index (χ2n) is 5.42. The Balaban J connectivity index is 2.41. The Morgan fingerprint density at radius 3 is 2.33 bits per heavy atom. The van der Waals surface area contributed by atoms with Crippen molar-refractivity contribution in [2.45, 2.75) is 32.8 Å². The van der Waals surface area contributed by atoms with E-state index in [9.17, 15) is 18.0 Å². The lowest BCUT2D eigenvalue weighted by atomic mass is 10.2. The van der Waals surface area contributed by atoms with E-state index in [0.29, 0.717) is 13.0 Å². The average molecular weight is 301 g/mol. The van der Waals surface area contributed by atoms with Gasteiger partial charge in [-0.3, -0.25) is 0 Å². The third kappa shape index (κ3) is 6.33. The van der Waals surface area contributed by atoms with E-state index in [2.05, 4.69) is 5.32 Å². The number of hydrogen-bond donors (Lipinski definition) is 1. The summed E-state index contributed by atoms with van der Waals surface area (Å²) in [5.41, 5.74) is -0.355. The molecule has 0 fully saturated rings. The van der Waals surface area contributed by atoms with Crippen LogP contribution in [0.15, 0.2) is 18.2 Å². The van der Waals surface area contributed by atoms with Gasteiger partial charge < -0.3 is 10.1 Å². The van der Waals surface area contributed by atoms with E-state index in [1.54, 1.807) is 26.8 Å². The van der Waals surface area contributed by atoms with Crippen LogP contribution in [-0.2, 0) is 4.74 Å². The van der Waals surface area contributed by atoms with Crippen molar-refractivity contribution in [1.82, 2.24) is 5.32 Å². The summed E-state index contributed by atoms with van der Waals surface area (Å²) in [6.07, 6.45) is 2.97. The van der Waals surface area contributed by atoms with Crippen LogP contribution in [0.5, 0.6) is 0 Å². The molecule has 3 nitrogen and oxygen atoms in total. The molecule has 0 bridgehead atoms. The van der Waals surface area contributed by atoms with E-state index in [1.807, 2.05) is 0 Å². The predicted octanol–water partition coefficient (Wildman–Crippen LogP) is 4.03. The lowest BCUT2D eigenvalue weighted by Crippen LogP contribution is -2.32. The van der Waals surface area contributed by atoms with E-state index in [-0.39, 0.29) is 5.56 Å². The Bertz CT molecular complexity index is 513. The average Bonchev–Trinajstić information content (AvgIpc) is 2.33. The van der Waals surface area contributed by atoms with Crippen molar-refractivity contribution in [2.75, 3.05) is 6.54 Å². The fourth-order valence-corrected chi connectivity index (χ4v) is 1.46. The lowest BCUT2D eigenvalue weighted by Gasteiger charge is -2.19. The Morgan fingerprint density at radius 1 is 1.24 bits per heavy atom. The number of amides is 1. The molecule has 1 aromatic rings. The molecule has 0 unspecified atom stereocenters. The second kappa shape index (κ2) is 7.15. The summed E-state index contributed by atoms with van der Waals surface area (Å²) in [5.74, 6) is -3.96. The molecule has 0 spiro atoms. The summed E-state index contributed by atoms with van der Waals surface area (Å²) < 4.78 is 43.7. The molecule has 0 heterocycles. The second-order valence-corrected chi connectivity index (χ2v) is 5.42. The van der Waals surface area contributed by atoms with Gasteiger partial charge in [0.25, 0.3) is 0 Å². The molecule has 0 aliphatic heterocycles. The Hall–Kier alpha value is -1.98. The number of ether oxygens (including phenoxy) is 1. The Morgan fingerprint density at radius 2 is 1.81 bits per heavy atom. The van der Waals surface area contributed by atoms with Gasteiger partial charge in [-0.15, -0.1) is 0 Å². The molecule has 0 aliphatic carbocycles. The summed E-state index contributed by atoms with van der Waals surface area (Å²) in [6, 6.07) is 1.80. The van der Waals surface area contributed by atoms with Crippen molar-refractivity contribution in [3.63, 3.8) is 0 Å². The first kappa shape index (κ1) is 17.1. The monoisotopic (exact) mass is 301 g/mol. The van der Waals surface area contributed by atoms with Crippen LogP contribution in [0.3, 0.4) is 0 Å². The quantitative estimate of drug-likeness (QED) is 0.673. The molecule has 1 aromatic carbocycles. The van der Waals surface area contributed by atoms with Crippen molar-refractivity contribution in [1.29, 1.82) is 0 Å². The molecule has 0 atom stereocenters. The normalized spacial score (nSPS) is 11.7. The summed E-state index contributed by atoms with van der Waals surface area (Å²) >= 11 is 0. The summed E-state index contributed by atoms with van der Waals surface area (Å²) in [5, 5.41) is 2.54. The third-order valence-electron chi connectivity index (χ3n) is 2.30. The summed E-state index contributed by atoms with van der Waals surface area (Å²) in [6.45, 7) is 5.58. The van der Waals surface area contributed by atoms with E-state index >= 15 is 0 Å². The smallest absolute Gasteiger partial charge is 0.407 e. The topological polar surface area (TPSA) is 38.3 Å². The zero-order valence-electron chi connectivity index (χ0n) is 12.2. The van der Waals surface area contributed by atoms with Gasteiger partial charge in [-0.25, -0.2) is 18.0 Å².